The van der Waals surface area contributed by atoms with Crippen LogP contribution in [-0.2, 0) is 9.59 Å². The van der Waals surface area contributed by atoms with E-state index in [1.54, 1.807) is 4.90 Å². The van der Waals surface area contributed by atoms with Gasteiger partial charge in [0.1, 0.15) is 6.04 Å². The number of nitrogens with zero attached hydrogens (tertiary/aromatic N) is 1. The number of nitrogens with one attached hydrogen (secondary N) is 2. The lowest BCUT2D eigenvalue weighted by atomic mass is 9.97. The first-order chi connectivity index (χ1) is 8.11. The number of hydrogen-bond acceptors (Lipinski definition) is 3. The van der Waals surface area contributed by atoms with Crippen LogP contribution in [0.3, 0.4) is 0 Å². The fourth-order valence-electron chi connectivity index (χ4n) is 2.69. The molecule has 0 unspecified atom stereocenters. The molecule has 0 aromatic heterocycles. The van der Waals surface area contributed by atoms with Crippen LogP contribution in [0, 0.1) is 11.8 Å². The highest BCUT2D eigenvalue weighted by Crippen LogP contribution is 2.19. The molecule has 0 aromatic rings. The van der Waals surface area contributed by atoms with Crippen LogP contribution in [0.15, 0.2) is 0 Å². The zero-order valence-corrected chi connectivity index (χ0v) is 10.5. The van der Waals surface area contributed by atoms with E-state index in [9.17, 15) is 9.59 Å². The SMILES string of the molecule is CC(C)[C@H]1C(=O)NCCN1C(=O)[C@H]1CCNC1. The second-order valence-corrected chi connectivity index (χ2v) is 5.20. The Morgan fingerprint density at radius 1 is 1.41 bits per heavy atom. The van der Waals surface area contributed by atoms with Gasteiger partial charge in [0.25, 0.3) is 0 Å². The van der Waals surface area contributed by atoms with Crippen molar-refractivity contribution in [2.45, 2.75) is 26.3 Å². The Morgan fingerprint density at radius 3 is 2.76 bits per heavy atom. The van der Waals surface area contributed by atoms with Gasteiger partial charge in [-0.3, -0.25) is 9.59 Å². The van der Waals surface area contributed by atoms with Crippen molar-refractivity contribution in [3.63, 3.8) is 0 Å². The number of hydrogen-bond donors (Lipinski definition) is 2. The Morgan fingerprint density at radius 2 is 2.18 bits per heavy atom. The Bertz CT molecular complexity index is 311. The molecule has 17 heavy (non-hydrogen) atoms. The Hall–Kier alpha value is -1.10. The molecule has 2 amide bonds. The molecule has 5 nitrogen and oxygen atoms in total. The van der Waals surface area contributed by atoms with Gasteiger partial charge in [-0.25, -0.2) is 0 Å². The Balaban J connectivity index is 2.10. The van der Waals surface area contributed by atoms with Crippen LogP contribution in [0.2, 0.25) is 0 Å². The normalized spacial score (nSPS) is 29.6. The van der Waals surface area contributed by atoms with Gasteiger partial charge in [-0.1, -0.05) is 13.8 Å². The van der Waals surface area contributed by atoms with Crippen LogP contribution in [0.4, 0.5) is 0 Å². The van der Waals surface area contributed by atoms with Gasteiger partial charge in [-0.05, 0) is 18.9 Å². The largest absolute Gasteiger partial charge is 0.353 e. The highest BCUT2D eigenvalue weighted by Gasteiger charge is 2.38. The van der Waals surface area contributed by atoms with Crippen molar-refractivity contribution in [3.8, 4) is 0 Å². The molecule has 2 fully saturated rings. The van der Waals surface area contributed by atoms with Gasteiger partial charge in [0.05, 0.1) is 5.92 Å². The summed E-state index contributed by atoms with van der Waals surface area (Å²) in [4.78, 5) is 26.0. The predicted molar refractivity (Wildman–Crippen MR) is 64.3 cm³/mol. The van der Waals surface area contributed by atoms with Crippen LogP contribution >= 0.6 is 0 Å². The molecule has 2 heterocycles. The quantitative estimate of drug-likeness (QED) is 0.688. The van der Waals surface area contributed by atoms with E-state index < -0.39 is 0 Å². The molecule has 0 aromatic carbocycles. The fraction of sp³-hybridized carbons (Fsp3) is 0.833. The molecular formula is C12H21N3O2. The van der Waals surface area contributed by atoms with Gasteiger partial charge >= 0.3 is 0 Å². The summed E-state index contributed by atoms with van der Waals surface area (Å²) in [6.45, 7) is 6.86. The molecule has 0 saturated carbocycles. The summed E-state index contributed by atoms with van der Waals surface area (Å²) in [5.41, 5.74) is 0. The lowest BCUT2D eigenvalue weighted by Gasteiger charge is -2.38. The van der Waals surface area contributed by atoms with Crippen molar-refractivity contribution in [3.05, 3.63) is 0 Å². The summed E-state index contributed by atoms with van der Waals surface area (Å²) in [6, 6.07) is -0.295. The molecule has 96 valence electrons. The van der Waals surface area contributed by atoms with Crippen molar-refractivity contribution in [1.82, 2.24) is 15.5 Å². The topological polar surface area (TPSA) is 61.4 Å². The third-order valence-electron chi connectivity index (χ3n) is 3.58. The molecule has 0 bridgehead atoms. The summed E-state index contributed by atoms with van der Waals surface area (Å²) in [6.07, 6.45) is 0.891. The molecular weight excluding hydrogens is 218 g/mol. The Labute approximate surface area is 102 Å². The molecule has 2 rings (SSSR count). The highest BCUT2D eigenvalue weighted by molar-refractivity contribution is 5.90. The van der Waals surface area contributed by atoms with Gasteiger partial charge < -0.3 is 15.5 Å². The maximum Gasteiger partial charge on any atom is 0.243 e. The van der Waals surface area contributed by atoms with Gasteiger partial charge in [0.15, 0.2) is 0 Å². The predicted octanol–water partition coefficient (Wildman–Crippen LogP) is -0.421. The average molecular weight is 239 g/mol. The third kappa shape index (κ3) is 2.44. The zero-order valence-electron chi connectivity index (χ0n) is 10.5. The molecule has 2 N–H and O–H groups in total. The lowest BCUT2D eigenvalue weighted by molar-refractivity contribution is -0.147. The first-order valence-electron chi connectivity index (χ1n) is 6.40. The molecule has 0 aliphatic carbocycles. The second-order valence-electron chi connectivity index (χ2n) is 5.20. The van der Waals surface area contributed by atoms with E-state index in [0.717, 1.165) is 19.5 Å². The minimum atomic E-state index is -0.295. The van der Waals surface area contributed by atoms with Crippen LogP contribution in [0.25, 0.3) is 0 Å². The van der Waals surface area contributed by atoms with E-state index in [4.69, 9.17) is 0 Å². The maximum atomic E-state index is 12.4. The van der Waals surface area contributed by atoms with Crippen molar-refractivity contribution in [2.75, 3.05) is 26.2 Å². The third-order valence-corrected chi connectivity index (χ3v) is 3.58. The molecule has 2 aliphatic rings. The second kappa shape index (κ2) is 5.04. The van der Waals surface area contributed by atoms with E-state index >= 15 is 0 Å². The van der Waals surface area contributed by atoms with Gasteiger partial charge in [-0.15, -0.1) is 0 Å². The maximum absolute atomic E-state index is 12.4. The van der Waals surface area contributed by atoms with Crippen LogP contribution in [0.1, 0.15) is 20.3 Å². The van der Waals surface area contributed by atoms with Gasteiger partial charge in [0.2, 0.25) is 11.8 Å². The average Bonchev–Trinajstić information content (AvgIpc) is 2.80. The summed E-state index contributed by atoms with van der Waals surface area (Å²) in [5, 5.41) is 6.04. The molecule has 5 heteroatoms. The molecule has 2 saturated heterocycles. The van der Waals surface area contributed by atoms with Crippen molar-refractivity contribution in [1.29, 1.82) is 0 Å². The van der Waals surface area contributed by atoms with E-state index in [-0.39, 0.29) is 29.7 Å². The summed E-state index contributed by atoms with van der Waals surface area (Å²) < 4.78 is 0. The van der Waals surface area contributed by atoms with Crippen LogP contribution in [-0.4, -0.2) is 48.9 Å². The fourth-order valence-corrected chi connectivity index (χ4v) is 2.69. The number of rotatable bonds is 2. The first-order valence-corrected chi connectivity index (χ1v) is 6.40. The standard InChI is InChI=1S/C12H21N3O2/c1-8(2)10-11(16)14-5-6-15(10)12(17)9-3-4-13-7-9/h8-10,13H,3-7H2,1-2H3,(H,14,16)/t9-,10-/m0/s1. The number of amides is 2. The minimum absolute atomic E-state index is 0.00874. The van der Waals surface area contributed by atoms with E-state index in [1.165, 1.54) is 0 Å². The van der Waals surface area contributed by atoms with Crippen molar-refractivity contribution < 1.29 is 9.59 Å². The number of carbonyl (C=O) groups is 2. The first kappa shape index (κ1) is 12.4. The molecule has 0 spiro atoms. The van der Waals surface area contributed by atoms with Crippen molar-refractivity contribution in [2.24, 2.45) is 11.8 Å². The summed E-state index contributed by atoms with van der Waals surface area (Å²) in [5.74, 6) is 0.352. The minimum Gasteiger partial charge on any atom is -0.353 e. The number of piperazine rings is 1. The van der Waals surface area contributed by atoms with E-state index in [2.05, 4.69) is 10.6 Å². The summed E-state index contributed by atoms with van der Waals surface area (Å²) in [7, 11) is 0. The smallest absolute Gasteiger partial charge is 0.243 e. The molecule has 0 radical (unpaired) electrons. The van der Waals surface area contributed by atoms with Crippen molar-refractivity contribution >= 4 is 11.8 Å². The van der Waals surface area contributed by atoms with Gasteiger partial charge in [-0.2, -0.15) is 0 Å². The Kier molecular flexibility index (Phi) is 3.66. The van der Waals surface area contributed by atoms with Crippen LogP contribution < -0.4 is 10.6 Å². The highest BCUT2D eigenvalue weighted by atomic mass is 16.2. The zero-order chi connectivity index (χ0) is 12.4. The summed E-state index contributed by atoms with van der Waals surface area (Å²) >= 11 is 0. The van der Waals surface area contributed by atoms with E-state index in [0.29, 0.717) is 13.1 Å². The lowest BCUT2D eigenvalue weighted by Crippen LogP contribution is -2.60. The van der Waals surface area contributed by atoms with E-state index in [1.807, 2.05) is 13.8 Å². The van der Waals surface area contributed by atoms with Crippen LogP contribution in [0.5, 0.6) is 0 Å². The molecule has 2 atom stereocenters. The molecule has 2 aliphatic heterocycles. The monoisotopic (exact) mass is 239 g/mol. The van der Waals surface area contributed by atoms with Gasteiger partial charge in [0, 0.05) is 19.6 Å². The number of carbonyl (C=O) groups excluding carboxylic acids is 2.